The van der Waals surface area contributed by atoms with E-state index < -0.39 is 23.8 Å². The second-order valence-electron chi connectivity index (χ2n) is 12.7. The zero-order valence-electron chi connectivity index (χ0n) is 27.1. The highest BCUT2D eigenvalue weighted by molar-refractivity contribution is 5.92. The molecular weight excluding hydrogens is 526 g/mol. The SMILES string of the molecule is CCCCCCCCN(C(=O)C(Cc1ccccc1)NC(=O)OC(C)(C)C)C(C(=O)NC(C)C)c1cc(C)cc(C)c1. The van der Waals surface area contributed by atoms with E-state index in [0.29, 0.717) is 6.54 Å². The van der Waals surface area contributed by atoms with Crippen LogP contribution in [0.1, 0.15) is 108 Å². The molecule has 0 bridgehead atoms. The molecule has 42 heavy (non-hydrogen) atoms. The highest BCUT2D eigenvalue weighted by atomic mass is 16.6. The molecule has 0 saturated carbocycles. The van der Waals surface area contributed by atoms with Gasteiger partial charge in [-0.2, -0.15) is 0 Å². The fraction of sp³-hybridized carbons (Fsp3) is 0.571. The van der Waals surface area contributed by atoms with Gasteiger partial charge in [-0.3, -0.25) is 9.59 Å². The predicted molar refractivity (Wildman–Crippen MR) is 170 cm³/mol. The molecule has 3 amide bonds. The smallest absolute Gasteiger partial charge is 0.408 e. The molecular formula is C35H53N3O4. The zero-order valence-corrected chi connectivity index (χ0v) is 27.1. The normalized spacial score (nSPS) is 12.9. The van der Waals surface area contributed by atoms with Crippen LogP contribution in [-0.4, -0.2) is 47.0 Å². The molecule has 232 valence electrons. The highest BCUT2D eigenvalue weighted by Crippen LogP contribution is 2.26. The molecule has 0 aliphatic rings. The van der Waals surface area contributed by atoms with Crippen LogP contribution >= 0.6 is 0 Å². The van der Waals surface area contributed by atoms with E-state index in [1.165, 1.54) is 6.42 Å². The van der Waals surface area contributed by atoms with Crippen molar-refractivity contribution in [3.05, 3.63) is 70.8 Å². The van der Waals surface area contributed by atoms with Crippen molar-refractivity contribution in [2.75, 3.05) is 6.54 Å². The Morgan fingerprint density at radius 3 is 2.02 bits per heavy atom. The number of rotatable bonds is 15. The van der Waals surface area contributed by atoms with Crippen molar-refractivity contribution < 1.29 is 19.1 Å². The molecule has 7 nitrogen and oxygen atoms in total. The average molecular weight is 580 g/mol. The number of unbranched alkanes of at least 4 members (excludes halogenated alkanes) is 5. The molecule has 0 spiro atoms. The van der Waals surface area contributed by atoms with Crippen molar-refractivity contribution in [2.24, 2.45) is 0 Å². The van der Waals surface area contributed by atoms with Crippen LogP contribution < -0.4 is 10.6 Å². The first kappa shape index (κ1) is 34.8. The maximum atomic E-state index is 14.6. The van der Waals surface area contributed by atoms with Gasteiger partial charge in [-0.25, -0.2) is 4.79 Å². The first-order chi connectivity index (χ1) is 19.8. The fourth-order valence-corrected chi connectivity index (χ4v) is 5.13. The lowest BCUT2D eigenvalue weighted by Crippen LogP contribution is -2.54. The Morgan fingerprint density at radius 2 is 1.45 bits per heavy atom. The Balaban J connectivity index is 2.55. The van der Waals surface area contributed by atoms with E-state index in [4.69, 9.17) is 4.74 Å². The molecule has 2 unspecified atom stereocenters. The van der Waals surface area contributed by atoms with Crippen LogP contribution in [0.4, 0.5) is 4.79 Å². The molecule has 0 heterocycles. The van der Waals surface area contributed by atoms with Gasteiger partial charge in [0.25, 0.3) is 0 Å². The summed E-state index contributed by atoms with van der Waals surface area (Å²) in [4.78, 5) is 43.1. The number of ether oxygens (including phenoxy) is 1. The van der Waals surface area contributed by atoms with Crippen LogP contribution in [0.3, 0.4) is 0 Å². The third kappa shape index (κ3) is 12.3. The molecule has 2 rings (SSSR count). The lowest BCUT2D eigenvalue weighted by atomic mass is 9.97. The minimum atomic E-state index is -0.914. The summed E-state index contributed by atoms with van der Waals surface area (Å²) in [5.41, 5.74) is 2.99. The molecule has 0 saturated heterocycles. The van der Waals surface area contributed by atoms with Crippen LogP contribution in [0.25, 0.3) is 0 Å². The first-order valence-electron chi connectivity index (χ1n) is 15.5. The fourth-order valence-electron chi connectivity index (χ4n) is 5.13. The summed E-state index contributed by atoms with van der Waals surface area (Å²) in [6.45, 7) is 15.8. The third-order valence-corrected chi connectivity index (χ3v) is 6.86. The number of alkyl carbamates (subject to hydrolysis) is 1. The second kappa shape index (κ2) is 16.9. The van der Waals surface area contributed by atoms with Gasteiger partial charge in [-0.1, -0.05) is 98.7 Å². The number of hydrogen-bond donors (Lipinski definition) is 2. The number of carbonyl (C=O) groups is 3. The molecule has 7 heteroatoms. The summed E-state index contributed by atoms with van der Waals surface area (Å²) in [5, 5.41) is 5.89. The van der Waals surface area contributed by atoms with Crippen molar-refractivity contribution in [3.8, 4) is 0 Å². The number of aryl methyl sites for hydroxylation is 2. The maximum Gasteiger partial charge on any atom is 0.408 e. The maximum absolute atomic E-state index is 14.6. The van der Waals surface area contributed by atoms with Gasteiger partial charge >= 0.3 is 6.09 Å². The molecule has 0 aliphatic heterocycles. The summed E-state index contributed by atoms with van der Waals surface area (Å²) in [6, 6.07) is 13.8. The lowest BCUT2D eigenvalue weighted by Gasteiger charge is -2.35. The van der Waals surface area contributed by atoms with E-state index in [2.05, 4.69) is 23.6 Å². The van der Waals surface area contributed by atoms with Crippen LogP contribution in [0.15, 0.2) is 48.5 Å². The van der Waals surface area contributed by atoms with E-state index in [-0.39, 0.29) is 24.3 Å². The topological polar surface area (TPSA) is 87.7 Å². The molecule has 2 atom stereocenters. The summed E-state index contributed by atoms with van der Waals surface area (Å²) in [5.74, 6) is -0.536. The Labute approximate surface area is 253 Å². The van der Waals surface area contributed by atoms with Gasteiger partial charge in [0, 0.05) is 19.0 Å². The van der Waals surface area contributed by atoms with Crippen LogP contribution in [-0.2, 0) is 20.7 Å². The predicted octanol–water partition coefficient (Wildman–Crippen LogP) is 7.19. The number of amides is 3. The van der Waals surface area contributed by atoms with Gasteiger partial charge in [0.2, 0.25) is 11.8 Å². The molecule has 2 aromatic carbocycles. The Kier molecular flexibility index (Phi) is 14.1. The van der Waals surface area contributed by atoms with Crippen molar-refractivity contribution in [2.45, 2.75) is 124 Å². The van der Waals surface area contributed by atoms with Gasteiger partial charge < -0.3 is 20.3 Å². The van der Waals surface area contributed by atoms with Crippen LogP contribution in [0.5, 0.6) is 0 Å². The molecule has 0 aromatic heterocycles. The van der Waals surface area contributed by atoms with Gasteiger partial charge in [0.1, 0.15) is 17.7 Å². The quantitative estimate of drug-likeness (QED) is 0.219. The monoisotopic (exact) mass is 579 g/mol. The van der Waals surface area contributed by atoms with Gasteiger partial charge in [0.15, 0.2) is 0 Å². The van der Waals surface area contributed by atoms with Crippen molar-refractivity contribution in [3.63, 3.8) is 0 Å². The molecule has 0 fully saturated rings. The Hall–Kier alpha value is -3.35. The van der Waals surface area contributed by atoms with Crippen LogP contribution in [0, 0.1) is 13.8 Å². The number of benzene rings is 2. The van der Waals surface area contributed by atoms with E-state index in [1.807, 2.05) is 70.2 Å². The molecule has 2 aromatic rings. The number of carbonyl (C=O) groups excluding carboxylic acids is 3. The van der Waals surface area contributed by atoms with Crippen molar-refractivity contribution >= 4 is 17.9 Å². The number of hydrogen-bond acceptors (Lipinski definition) is 4. The molecule has 2 N–H and O–H groups in total. The number of nitrogens with zero attached hydrogens (tertiary/aromatic N) is 1. The first-order valence-corrected chi connectivity index (χ1v) is 15.5. The highest BCUT2D eigenvalue weighted by Gasteiger charge is 2.36. The summed E-state index contributed by atoms with van der Waals surface area (Å²) in [6.07, 6.45) is 5.90. The van der Waals surface area contributed by atoms with Crippen molar-refractivity contribution in [1.82, 2.24) is 15.5 Å². The third-order valence-electron chi connectivity index (χ3n) is 6.86. The van der Waals surface area contributed by atoms with E-state index >= 15 is 0 Å². The number of nitrogens with one attached hydrogen (secondary N) is 2. The van der Waals surface area contributed by atoms with Crippen molar-refractivity contribution in [1.29, 1.82) is 0 Å². The average Bonchev–Trinajstić information content (AvgIpc) is 2.87. The Bertz CT molecular complexity index is 1120. The summed E-state index contributed by atoms with van der Waals surface area (Å²) >= 11 is 0. The minimum Gasteiger partial charge on any atom is -0.444 e. The van der Waals surface area contributed by atoms with E-state index in [0.717, 1.165) is 54.4 Å². The standard InChI is InChI=1S/C35H53N3O4/c1-9-10-11-12-13-17-20-38(31(32(39)36-25(2)3)29-22-26(4)21-27(5)23-29)33(40)30(24-28-18-15-14-16-19-28)37-34(41)42-35(6,7)8/h14-16,18-19,21-23,25,30-31H,9-13,17,20,24H2,1-8H3,(H,36,39)(H,37,41). The van der Waals surface area contributed by atoms with E-state index in [9.17, 15) is 14.4 Å². The summed E-state index contributed by atoms with van der Waals surface area (Å²) < 4.78 is 5.55. The zero-order chi connectivity index (χ0) is 31.3. The van der Waals surface area contributed by atoms with Gasteiger partial charge in [-0.15, -0.1) is 0 Å². The minimum absolute atomic E-state index is 0.100. The lowest BCUT2D eigenvalue weighted by molar-refractivity contribution is -0.142. The van der Waals surface area contributed by atoms with E-state index in [1.54, 1.807) is 25.7 Å². The Morgan fingerprint density at radius 1 is 0.857 bits per heavy atom. The van der Waals surface area contributed by atoms with Gasteiger partial charge in [0.05, 0.1) is 0 Å². The molecule has 0 aliphatic carbocycles. The van der Waals surface area contributed by atoms with Gasteiger partial charge in [-0.05, 0) is 66.0 Å². The largest absolute Gasteiger partial charge is 0.444 e. The van der Waals surface area contributed by atoms with Crippen LogP contribution in [0.2, 0.25) is 0 Å². The molecule has 0 radical (unpaired) electrons. The second-order valence-corrected chi connectivity index (χ2v) is 12.7. The summed E-state index contributed by atoms with van der Waals surface area (Å²) in [7, 11) is 0.